The number of carbonyl (C=O) groups excluding carboxylic acids is 1. The summed E-state index contributed by atoms with van der Waals surface area (Å²) >= 11 is 3.40. The van der Waals surface area contributed by atoms with E-state index in [0.717, 1.165) is 16.5 Å². The molecule has 1 aromatic rings. The van der Waals surface area contributed by atoms with Crippen molar-refractivity contribution in [1.29, 1.82) is 5.26 Å². The molecule has 0 spiro atoms. The standard InChI is InChI=1S/C16H18BrNO2/c1-3-13(15(11-18)16(19)20-4-2)8-5-12-6-9-14(17)10-7-12/h6-7,9-10H,3-5,8H2,1-2H3. The lowest BCUT2D eigenvalue weighted by Crippen LogP contribution is -2.09. The molecule has 106 valence electrons. The van der Waals surface area contributed by atoms with E-state index in [-0.39, 0.29) is 12.2 Å². The van der Waals surface area contributed by atoms with Gasteiger partial charge in [0.25, 0.3) is 0 Å². The quantitative estimate of drug-likeness (QED) is 0.445. The molecule has 0 fully saturated rings. The second-order valence-electron chi connectivity index (χ2n) is 4.29. The summed E-state index contributed by atoms with van der Waals surface area (Å²) in [5.74, 6) is -0.511. The van der Waals surface area contributed by atoms with Gasteiger partial charge < -0.3 is 4.74 Å². The molecule has 20 heavy (non-hydrogen) atoms. The average Bonchev–Trinajstić information content (AvgIpc) is 2.45. The van der Waals surface area contributed by atoms with E-state index in [0.29, 0.717) is 12.8 Å². The van der Waals surface area contributed by atoms with E-state index in [4.69, 9.17) is 10.00 Å². The zero-order chi connectivity index (χ0) is 15.0. The Kier molecular flexibility index (Phi) is 7.03. The molecule has 0 aliphatic rings. The van der Waals surface area contributed by atoms with Crippen LogP contribution in [0.15, 0.2) is 39.9 Å². The number of carbonyl (C=O) groups is 1. The van der Waals surface area contributed by atoms with Crippen LogP contribution in [0.1, 0.15) is 32.3 Å². The number of benzene rings is 1. The molecule has 1 aromatic carbocycles. The van der Waals surface area contributed by atoms with E-state index in [1.54, 1.807) is 6.92 Å². The highest BCUT2D eigenvalue weighted by Gasteiger charge is 2.15. The van der Waals surface area contributed by atoms with Gasteiger partial charge in [-0.2, -0.15) is 5.26 Å². The SMILES string of the molecule is CCOC(=O)C(C#N)=C(CC)CCc1ccc(Br)cc1. The molecule has 1 rings (SSSR count). The third kappa shape index (κ3) is 4.82. The van der Waals surface area contributed by atoms with Crippen molar-refractivity contribution >= 4 is 21.9 Å². The van der Waals surface area contributed by atoms with Crippen LogP contribution >= 0.6 is 15.9 Å². The number of esters is 1. The summed E-state index contributed by atoms with van der Waals surface area (Å²) in [6.07, 6.45) is 2.18. The summed E-state index contributed by atoms with van der Waals surface area (Å²) in [7, 11) is 0. The van der Waals surface area contributed by atoms with Gasteiger partial charge in [0, 0.05) is 4.47 Å². The van der Waals surface area contributed by atoms with Gasteiger partial charge in [0.15, 0.2) is 0 Å². The maximum absolute atomic E-state index is 11.7. The van der Waals surface area contributed by atoms with Gasteiger partial charge in [-0.1, -0.05) is 35.0 Å². The summed E-state index contributed by atoms with van der Waals surface area (Å²) in [6.45, 7) is 3.97. The minimum atomic E-state index is -0.511. The minimum absolute atomic E-state index is 0.159. The van der Waals surface area contributed by atoms with Crippen molar-refractivity contribution < 1.29 is 9.53 Å². The van der Waals surface area contributed by atoms with Crippen LogP contribution in [0.3, 0.4) is 0 Å². The summed E-state index contributed by atoms with van der Waals surface area (Å²) < 4.78 is 5.96. The van der Waals surface area contributed by atoms with Crippen molar-refractivity contribution in [2.45, 2.75) is 33.1 Å². The Hall–Kier alpha value is -1.60. The van der Waals surface area contributed by atoms with Crippen LogP contribution in [0.4, 0.5) is 0 Å². The molecule has 0 aromatic heterocycles. The Balaban J connectivity index is 2.81. The monoisotopic (exact) mass is 335 g/mol. The Labute approximate surface area is 128 Å². The zero-order valence-corrected chi connectivity index (χ0v) is 13.4. The molecule has 0 aliphatic heterocycles. The number of nitriles is 1. The number of aryl methyl sites for hydroxylation is 1. The molecule has 0 aliphatic carbocycles. The summed E-state index contributed by atoms with van der Waals surface area (Å²) in [6, 6.07) is 10.0. The number of nitrogens with zero attached hydrogens (tertiary/aromatic N) is 1. The maximum atomic E-state index is 11.7. The third-order valence-electron chi connectivity index (χ3n) is 3.00. The maximum Gasteiger partial charge on any atom is 0.348 e. The molecule has 0 atom stereocenters. The lowest BCUT2D eigenvalue weighted by atomic mass is 9.98. The first-order valence-electron chi connectivity index (χ1n) is 6.66. The highest BCUT2D eigenvalue weighted by molar-refractivity contribution is 9.10. The molecule has 0 N–H and O–H groups in total. The van der Waals surface area contributed by atoms with Crippen LogP contribution in [0.2, 0.25) is 0 Å². The molecular formula is C16H18BrNO2. The van der Waals surface area contributed by atoms with E-state index in [1.807, 2.05) is 37.3 Å². The van der Waals surface area contributed by atoms with Crippen molar-refractivity contribution in [3.63, 3.8) is 0 Å². The number of halogens is 1. The average molecular weight is 336 g/mol. The lowest BCUT2D eigenvalue weighted by Gasteiger charge is -2.08. The topological polar surface area (TPSA) is 50.1 Å². The van der Waals surface area contributed by atoms with Crippen LogP contribution in [-0.4, -0.2) is 12.6 Å². The fourth-order valence-electron chi connectivity index (χ4n) is 1.90. The van der Waals surface area contributed by atoms with Gasteiger partial charge in [-0.25, -0.2) is 4.79 Å². The van der Waals surface area contributed by atoms with Crippen LogP contribution in [0.5, 0.6) is 0 Å². The fourth-order valence-corrected chi connectivity index (χ4v) is 2.16. The predicted molar refractivity (Wildman–Crippen MR) is 82.0 cm³/mol. The molecule has 0 saturated carbocycles. The van der Waals surface area contributed by atoms with Gasteiger partial charge in [-0.15, -0.1) is 0 Å². The molecular weight excluding hydrogens is 318 g/mol. The molecule has 0 radical (unpaired) electrons. The summed E-state index contributed by atoms with van der Waals surface area (Å²) in [5, 5.41) is 9.14. The van der Waals surface area contributed by atoms with Gasteiger partial charge in [0.1, 0.15) is 11.6 Å². The van der Waals surface area contributed by atoms with Crippen LogP contribution in [0, 0.1) is 11.3 Å². The second kappa shape index (κ2) is 8.55. The highest BCUT2D eigenvalue weighted by atomic mass is 79.9. The van der Waals surface area contributed by atoms with Crippen LogP contribution in [0.25, 0.3) is 0 Å². The van der Waals surface area contributed by atoms with Crippen LogP contribution in [-0.2, 0) is 16.0 Å². The van der Waals surface area contributed by atoms with Gasteiger partial charge in [0.2, 0.25) is 0 Å². The largest absolute Gasteiger partial charge is 0.462 e. The number of allylic oxidation sites excluding steroid dienone is 1. The third-order valence-corrected chi connectivity index (χ3v) is 3.53. The Bertz CT molecular complexity index is 526. The number of hydrogen-bond acceptors (Lipinski definition) is 3. The first-order chi connectivity index (χ1) is 9.62. The van der Waals surface area contributed by atoms with Gasteiger partial charge in [-0.3, -0.25) is 0 Å². The zero-order valence-electron chi connectivity index (χ0n) is 11.8. The molecule has 0 unspecified atom stereocenters. The van der Waals surface area contributed by atoms with Gasteiger partial charge in [0.05, 0.1) is 6.61 Å². The predicted octanol–water partition coefficient (Wildman–Crippen LogP) is 4.17. The number of hydrogen-bond donors (Lipinski definition) is 0. The van der Waals surface area contributed by atoms with Crippen molar-refractivity contribution in [3.05, 3.63) is 45.4 Å². The highest BCUT2D eigenvalue weighted by Crippen LogP contribution is 2.19. The van der Waals surface area contributed by atoms with Crippen molar-refractivity contribution in [3.8, 4) is 6.07 Å². The Morgan fingerprint density at radius 1 is 1.30 bits per heavy atom. The Morgan fingerprint density at radius 2 is 1.95 bits per heavy atom. The van der Waals surface area contributed by atoms with E-state index in [1.165, 1.54) is 5.56 Å². The molecule has 0 amide bonds. The van der Waals surface area contributed by atoms with E-state index in [9.17, 15) is 4.79 Å². The molecule has 4 heteroatoms. The van der Waals surface area contributed by atoms with Crippen molar-refractivity contribution in [1.82, 2.24) is 0 Å². The van der Waals surface area contributed by atoms with Crippen molar-refractivity contribution in [2.75, 3.05) is 6.61 Å². The fraction of sp³-hybridized carbons (Fsp3) is 0.375. The summed E-state index contributed by atoms with van der Waals surface area (Å²) in [5.41, 5.74) is 2.20. The van der Waals surface area contributed by atoms with Crippen LogP contribution < -0.4 is 0 Å². The molecule has 3 nitrogen and oxygen atoms in total. The van der Waals surface area contributed by atoms with E-state index in [2.05, 4.69) is 15.9 Å². The van der Waals surface area contributed by atoms with E-state index < -0.39 is 5.97 Å². The smallest absolute Gasteiger partial charge is 0.348 e. The van der Waals surface area contributed by atoms with Gasteiger partial charge >= 0.3 is 5.97 Å². The molecule has 0 saturated heterocycles. The second-order valence-corrected chi connectivity index (χ2v) is 5.21. The number of ether oxygens (including phenoxy) is 1. The van der Waals surface area contributed by atoms with E-state index >= 15 is 0 Å². The van der Waals surface area contributed by atoms with Gasteiger partial charge in [-0.05, 0) is 49.5 Å². The minimum Gasteiger partial charge on any atom is -0.462 e. The molecule has 0 bridgehead atoms. The number of rotatable bonds is 6. The first-order valence-corrected chi connectivity index (χ1v) is 7.45. The molecule has 0 heterocycles. The first kappa shape index (κ1) is 16.5. The summed E-state index contributed by atoms with van der Waals surface area (Å²) in [4.78, 5) is 11.7. The lowest BCUT2D eigenvalue weighted by molar-refractivity contribution is -0.138. The Morgan fingerprint density at radius 3 is 2.45 bits per heavy atom. The van der Waals surface area contributed by atoms with Crippen molar-refractivity contribution in [2.24, 2.45) is 0 Å². The normalized spacial score (nSPS) is 11.5.